The van der Waals surface area contributed by atoms with Gasteiger partial charge in [0.05, 0.1) is 47.5 Å². The lowest BCUT2D eigenvalue weighted by Gasteiger charge is -2.36. The summed E-state index contributed by atoms with van der Waals surface area (Å²) in [7, 11) is 5.74. The Morgan fingerprint density at radius 2 is 1.68 bits per heavy atom. The van der Waals surface area contributed by atoms with E-state index < -0.39 is 16.1 Å². The van der Waals surface area contributed by atoms with Crippen molar-refractivity contribution in [2.45, 2.75) is 26.4 Å². The second-order valence-corrected chi connectivity index (χ2v) is 9.57. The summed E-state index contributed by atoms with van der Waals surface area (Å²) < 4.78 is 31.1. The molecule has 0 amide bonds. The van der Waals surface area contributed by atoms with Gasteiger partial charge in [0.25, 0.3) is 10.1 Å². The van der Waals surface area contributed by atoms with E-state index >= 15 is 0 Å². The number of carboxylic acids is 1. The molecule has 0 aromatic carbocycles. The largest absolute Gasteiger partial charge is 0.477 e. The average Bonchev–Trinajstić information content (AvgIpc) is 2.31. The van der Waals surface area contributed by atoms with Crippen molar-refractivity contribution < 1.29 is 31.8 Å². The molecule has 0 spiro atoms. The van der Waals surface area contributed by atoms with Crippen molar-refractivity contribution in [2.75, 3.05) is 60.6 Å². The molecule has 0 saturated heterocycles. The Morgan fingerprint density at radius 1 is 1.20 bits per heavy atom. The highest BCUT2D eigenvalue weighted by atomic mass is 32.2. The third-order valence-electron chi connectivity index (χ3n) is 3.49. The van der Waals surface area contributed by atoms with Crippen molar-refractivity contribution in [2.24, 2.45) is 0 Å². The van der Waals surface area contributed by atoms with E-state index in [-0.39, 0.29) is 18.5 Å². The number of aliphatic carboxylic acids is 1. The normalized spacial score (nSPS) is 13.6. The predicted molar refractivity (Wildman–Crippen MR) is 101 cm³/mol. The molecular weight excluding hydrogens is 346 g/mol. The number of quaternary nitrogens is 2. The minimum atomic E-state index is -3.84. The highest BCUT2D eigenvalue weighted by molar-refractivity contribution is 7.85. The third kappa shape index (κ3) is 19.2. The van der Waals surface area contributed by atoms with E-state index in [4.69, 9.17) is 9.66 Å². The molecule has 0 fully saturated rings. The van der Waals surface area contributed by atoms with Crippen molar-refractivity contribution in [3.8, 4) is 0 Å². The molecule has 25 heavy (non-hydrogen) atoms. The Morgan fingerprint density at radius 3 is 1.96 bits per heavy atom. The molecule has 0 saturated carbocycles. The van der Waals surface area contributed by atoms with Gasteiger partial charge in [-0.05, 0) is 6.92 Å². The van der Waals surface area contributed by atoms with Crippen LogP contribution >= 0.6 is 0 Å². The average molecular weight is 384 g/mol. The number of likely N-dealkylation sites (N-methyl/N-ethyl adjacent to an activating group) is 1. The van der Waals surface area contributed by atoms with Crippen LogP contribution in [0.3, 0.4) is 0 Å². The standard InChI is InChI=1S/C11H24N2O3S.C5H11NO2/c1-10(2)9-12-11(3)13(4,5)7-6-8-17(14,15)16;1-6(2,3)4-5(7)8/h11-12H,1,6-9H2,2-5H3;4H2,1-3H3/p+2. The first-order chi connectivity index (χ1) is 11.0. The van der Waals surface area contributed by atoms with Crippen molar-refractivity contribution in [3.63, 3.8) is 0 Å². The van der Waals surface area contributed by atoms with Crippen LogP contribution < -0.4 is 5.32 Å². The second kappa shape index (κ2) is 10.9. The van der Waals surface area contributed by atoms with E-state index in [0.29, 0.717) is 21.9 Å². The fourth-order valence-corrected chi connectivity index (χ4v) is 2.32. The van der Waals surface area contributed by atoms with Gasteiger partial charge < -0.3 is 14.1 Å². The monoisotopic (exact) mass is 383 g/mol. The second-order valence-electron chi connectivity index (χ2n) is 8.00. The minimum Gasteiger partial charge on any atom is -0.477 e. The molecule has 1 unspecified atom stereocenters. The van der Waals surface area contributed by atoms with Crippen LogP contribution in [0, 0.1) is 0 Å². The first-order valence-corrected chi connectivity index (χ1v) is 9.75. The van der Waals surface area contributed by atoms with Crippen LogP contribution in [0.15, 0.2) is 12.2 Å². The topological polar surface area (TPSA) is 104 Å². The van der Waals surface area contributed by atoms with E-state index in [0.717, 1.165) is 12.1 Å². The number of carboxylic acid groups (broad SMARTS) is 1. The van der Waals surface area contributed by atoms with E-state index in [9.17, 15) is 13.2 Å². The van der Waals surface area contributed by atoms with Gasteiger partial charge in [-0.25, -0.2) is 4.79 Å². The van der Waals surface area contributed by atoms with Crippen LogP contribution in [-0.4, -0.2) is 99.8 Å². The lowest BCUT2D eigenvalue weighted by molar-refractivity contribution is -0.916. The SMILES string of the molecule is C=C(C)CNC(C)[N+](C)(C)CCCS(=O)(=O)O.C[N+](C)(C)CC(=O)O. The predicted octanol–water partition coefficient (Wildman–Crippen LogP) is 0.630. The van der Waals surface area contributed by atoms with Crippen LogP contribution in [-0.2, 0) is 14.9 Å². The molecule has 0 radical (unpaired) electrons. The Balaban J connectivity index is 0. The Hall–Kier alpha value is -1.00. The van der Waals surface area contributed by atoms with E-state index in [1.807, 2.05) is 42.2 Å². The molecule has 9 heteroatoms. The summed E-state index contributed by atoms with van der Waals surface area (Å²) in [4.78, 5) is 10.00. The van der Waals surface area contributed by atoms with E-state index in [2.05, 4.69) is 18.8 Å². The van der Waals surface area contributed by atoms with Gasteiger partial charge in [0.15, 0.2) is 6.54 Å². The zero-order chi connectivity index (χ0) is 20.5. The third-order valence-corrected chi connectivity index (χ3v) is 4.30. The van der Waals surface area contributed by atoms with Gasteiger partial charge in [0.1, 0.15) is 6.17 Å². The molecule has 150 valence electrons. The number of carbonyl (C=O) groups is 1. The quantitative estimate of drug-likeness (QED) is 0.221. The molecule has 3 N–H and O–H groups in total. The maximum Gasteiger partial charge on any atom is 0.359 e. The summed E-state index contributed by atoms with van der Waals surface area (Å²) in [6.07, 6.45) is 0.651. The number of hydrogen-bond donors (Lipinski definition) is 3. The number of nitrogens with zero attached hydrogens (tertiary/aromatic N) is 2. The molecule has 0 aliphatic carbocycles. The molecule has 0 heterocycles. The maximum atomic E-state index is 10.6. The van der Waals surface area contributed by atoms with Crippen LogP contribution in [0.5, 0.6) is 0 Å². The molecule has 0 aromatic rings. The number of hydrogen-bond acceptors (Lipinski definition) is 4. The number of rotatable bonds is 10. The fraction of sp³-hybridized carbons (Fsp3) is 0.812. The van der Waals surface area contributed by atoms with Gasteiger partial charge >= 0.3 is 5.97 Å². The van der Waals surface area contributed by atoms with Crippen LogP contribution in [0.4, 0.5) is 0 Å². The van der Waals surface area contributed by atoms with Gasteiger partial charge in [-0.15, -0.1) is 0 Å². The van der Waals surface area contributed by atoms with Crippen molar-refractivity contribution in [1.82, 2.24) is 5.32 Å². The molecule has 1 atom stereocenters. The number of nitrogens with one attached hydrogen (secondary N) is 1. The van der Waals surface area contributed by atoms with Crippen molar-refractivity contribution in [1.29, 1.82) is 0 Å². The highest BCUT2D eigenvalue weighted by Crippen LogP contribution is 2.06. The summed E-state index contributed by atoms with van der Waals surface area (Å²) >= 11 is 0. The molecule has 0 aromatic heterocycles. The summed E-state index contributed by atoms with van der Waals surface area (Å²) in [5.74, 6) is -0.931. The van der Waals surface area contributed by atoms with Crippen molar-refractivity contribution in [3.05, 3.63) is 12.2 Å². The van der Waals surface area contributed by atoms with Crippen LogP contribution in [0.2, 0.25) is 0 Å². The fourth-order valence-electron chi connectivity index (χ4n) is 1.82. The molecule has 0 aliphatic heterocycles. The summed E-state index contributed by atoms with van der Waals surface area (Å²) in [5, 5.41) is 11.6. The molecule has 0 aliphatic rings. The van der Waals surface area contributed by atoms with Gasteiger partial charge in [0, 0.05) is 19.9 Å². The van der Waals surface area contributed by atoms with Gasteiger partial charge in [0.2, 0.25) is 0 Å². The minimum absolute atomic E-state index is 0.179. The zero-order valence-electron chi connectivity index (χ0n) is 16.7. The Labute approximate surface area is 153 Å². The van der Waals surface area contributed by atoms with Gasteiger partial charge in [-0.3, -0.25) is 9.87 Å². The van der Waals surface area contributed by atoms with Gasteiger partial charge in [-0.1, -0.05) is 12.2 Å². The molecule has 0 rings (SSSR count). The van der Waals surface area contributed by atoms with Gasteiger partial charge in [-0.2, -0.15) is 8.42 Å². The molecule has 8 nitrogen and oxygen atoms in total. The highest BCUT2D eigenvalue weighted by Gasteiger charge is 2.23. The zero-order valence-corrected chi connectivity index (χ0v) is 17.6. The van der Waals surface area contributed by atoms with Crippen LogP contribution in [0.25, 0.3) is 0 Å². The molecule has 0 bridgehead atoms. The Kier molecular flexibility index (Phi) is 11.4. The van der Waals surface area contributed by atoms with E-state index in [1.165, 1.54) is 0 Å². The lowest BCUT2D eigenvalue weighted by atomic mass is 10.3. The smallest absolute Gasteiger partial charge is 0.359 e. The lowest BCUT2D eigenvalue weighted by Crippen LogP contribution is -2.55. The Bertz CT molecular complexity index is 524. The first-order valence-electron chi connectivity index (χ1n) is 8.14. The summed E-state index contributed by atoms with van der Waals surface area (Å²) in [6, 6.07) is 0. The summed E-state index contributed by atoms with van der Waals surface area (Å²) in [6.45, 7) is 9.45. The van der Waals surface area contributed by atoms with E-state index in [1.54, 1.807) is 0 Å². The first kappa shape index (κ1) is 26.2. The van der Waals surface area contributed by atoms with Crippen molar-refractivity contribution >= 4 is 16.1 Å². The molecular formula is C16H37N3O5S+2. The maximum absolute atomic E-state index is 10.6. The van der Waals surface area contributed by atoms with Crippen LogP contribution in [0.1, 0.15) is 20.3 Å². The summed E-state index contributed by atoms with van der Waals surface area (Å²) in [5.41, 5.74) is 1.06.